The minimum Gasteiger partial charge on any atom is -0.503 e. The van der Waals surface area contributed by atoms with E-state index in [0.717, 1.165) is 12.1 Å². The Morgan fingerprint density at radius 1 is 1.25 bits per heavy atom. The van der Waals surface area contributed by atoms with Gasteiger partial charge < -0.3 is 20.6 Å². The van der Waals surface area contributed by atoms with Crippen LogP contribution in [0.5, 0.6) is 5.75 Å². The predicted molar refractivity (Wildman–Crippen MR) is 52.8 cm³/mol. The number of hydrogen-bond donors (Lipinski definition) is 4. The molecule has 1 unspecified atom stereocenters. The molecular weight excluding hydrogens is 220 g/mol. The van der Waals surface area contributed by atoms with Crippen molar-refractivity contribution in [3.63, 3.8) is 0 Å². The molecule has 0 fully saturated rings. The number of phenols is 1. The van der Waals surface area contributed by atoms with Gasteiger partial charge in [-0.3, -0.25) is 0 Å². The first-order chi connectivity index (χ1) is 7.54. The molecule has 16 heavy (non-hydrogen) atoms. The topological polar surface area (TPSA) is 72.7 Å². The third kappa shape index (κ3) is 3.41. The molecule has 4 N–H and O–H groups in total. The molecule has 0 amide bonds. The number of benzene rings is 1. The molecule has 1 rings (SSSR count). The molecule has 0 aliphatic carbocycles. The van der Waals surface area contributed by atoms with Gasteiger partial charge in [-0.05, 0) is 17.7 Å². The van der Waals surface area contributed by atoms with Crippen LogP contribution in [0.1, 0.15) is 5.56 Å². The summed E-state index contributed by atoms with van der Waals surface area (Å²) in [6, 6.07) is 1.99. The molecule has 1 aromatic carbocycles. The van der Waals surface area contributed by atoms with Gasteiger partial charge in [-0.15, -0.1) is 0 Å². The number of hydrogen-bond acceptors (Lipinski definition) is 4. The van der Waals surface area contributed by atoms with Gasteiger partial charge in [0.05, 0.1) is 12.7 Å². The van der Waals surface area contributed by atoms with Crippen LogP contribution in [0.15, 0.2) is 12.1 Å². The molecule has 0 heterocycles. The monoisotopic (exact) mass is 233 g/mol. The number of aromatic hydroxyl groups is 1. The maximum Gasteiger partial charge on any atom is 0.187 e. The highest BCUT2D eigenvalue weighted by Crippen LogP contribution is 2.21. The molecule has 0 spiro atoms. The Labute approximate surface area is 91.2 Å². The van der Waals surface area contributed by atoms with Crippen molar-refractivity contribution >= 4 is 0 Å². The summed E-state index contributed by atoms with van der Waals surface area (Å²) in [5.74, 6) is -3.06. The Morgan fingerprint density at radius 3 is 2.31 bits per heavy atom. The van der Waals surface area contributed by atoms with Crippen LogP contribution in [0.3, 0.4) is 0 Å². The number of phenolic OH excluding ortho intramolecular Hbond substituents is 1. The summed E-state index contributed by atoms with van der Waals surface area (Å²) in [6.07, 6.45) is -0.910. The predicted octanol–water partition coefficient (Wildman–Crippen LogP) is 0.113. The fourth-order valence-corrected chi connectivity index (χ4v) is 1.17. The first-order valence-electron chi connectivity index (χ1n) is 4.71. The van der Waals surface area contributed by atoms with Gasteiger partial charge in [-0.2, -0.15) is 0 Å². The van der Waals surface area contributed by atoms with Crippen molar-refractivity contribution in [2.75, 3.05) is 13.2 Å². The number of aliphatic hydroxyl groups is 2. The van der Waals surface area contributed by atoms with E-state index in [0.29, 0.717) is 5.56 Å². The fraction of sp³-hybridized carbons (Fsp3) is 0.400. The van der Waals surface area contributed by atoms with Crippen molar-refractivity contribution in [1.82, 2.24) is 5.32 Å². The molecule has 0 aliphatic heterocycles. The van der Waals surface area contributed by atoms with E-state index in [1.54, 1.807) is 0 Å². The van der Waals surface area contributed by atoms with Gasteiger partial charge in [-0.25, -0.2) is 8.78 Å². The van der Waals surface area contributed by atoms with Crippen LogP contribution in [-0.4, -0.2) is 34.6 Å². The zero-order valence-corrected chi connectivity index (χ0v) is 8.45. The van der Waals surface area contributed by atoms with Crippen molar-refractivity contribution in [2.45, 2.75) is 12.6 Å². The van der Waals surface area contributed by atoms with E-state index in [4.69, 9.17) is 15.3 Å². The molecule has 4 nitrogen and oxygen atoms in total. The molecular formula is C10H13F2NO3. The summed E-state index contributed by atoms with van der Waals surface area (Å²) in [4.78, 5) is 0. The van der Waals surface area contributed by atoms with Gasteiger partial charge in [0.1, 0.15) is 0 Å². The lowest BCUT2D eigenvalue weighted by atomic mass is 10.2. The highest BCUT2D eigenvalue weighted by molar-refractivity contribution is 5.29. The summed E-state index contributed by atoms with van der Waals surface area (Å²) < 4.78 is 25.8. The normalized spacial score (nSPS) is 12.8. The van der Waals surface area contributed by atoms with E-state index in [1.165, 1.54) is 0 Å². The second-order valence-corrected chi connectivity index (χ2v) is 3.38. The number of nitrogens with one attached hydrogen (secondary N) is 1. The zero-order valence-electron chi connectivity index (χ0n) is 8.45. The van der Waals surface area contributed by atoms with Crippen LogP contribution in [-0.2, 0) is 6.54 Å². The van der Waals surface area contributed by atoms with Gasteiger partial charge in [0, 0.05) is 13.1 Å². The lowest BCUT2D eigenvalue weighted by Crippen LogP contribution is -2.28. The zero-order chi connectivity index (χ0) is 12.1. The Morgan fingerprint density at radius 2 is 1.81 bits per heavy atom. The molecule has 0 saturated heterocycles. The van der Waals surface area contributed by atoms with E-state index >= 15 is 0 Å². The van der Waals surface area contributed by atoms with Gasteiger partial charge >= 0.3 is 0 Å². The van der Waals surface area contributed by atoms with Crippen LogP contribution in [0, 0.1) is 11.6 Å². The summed E-state index contributed by atoms with van der Waals surface area (Å²) in [7, 11) is 0. The molecule has 0 bridgehead atoms. The summed E-state index contributed by atoms with van der Waals surface area (Å²) in [5.41, 5.74) is 0.304. The summed E-state index contributed by atoms with van der Waals surface area (Å²) >= 11 is 0. The maximum atomic E-state index is 12.9. The van der Waals surface area contributed by atoms with Gasteiger partial charge in [0.2, 0.25) is 0 Å². The van der Waals surface area contributed by atoms with E-state index in [2.05, 4.69) is 5.32 Å². The van der Waals surface area contributed by atoms with Crippen LogP contribution >= 0.6 is 0 Å². The number of halogens is 2. The molecule has 90 valence electrons. The highest BCUT2D eigenvalue weighted by Gasteiger charge is 2.09. The third-order valence-corrected chi connectivity index (χ3v) is 2.00. The van der Waals surface area contributed by atoms with Gasteiger partial charge in [0.25, 0.3) is 0 Å². The molecule has 0 aliphatic rings. The lowest BCUT2D eigenvalue weighted by molar-refractivity contribution is 0.0942. The minimum atomic E-state index is -1.03. The lowest BCUT2D eigenvalue weighted by Gasteiger charge is -2.09. The standard InChI is InChI=1S/C10H13F2NO3/c11-8-1-6(2-9(12)10(8)16)3-13-4-7(15)5-14/h1-2,7,13-16H,3-5H2. The largest absolute Gasteiger partial charge is 0.503 e. The Bertz CT molecular complexity index is 337. The molecule has 1 atom stereocenters. The van der Waals surface area contributed by atoms with E-state index in [-0.39, 0.29) is 19.7 Å². The van der Waals surface area contributed by atoms with Crippen molar-refractivity contribution < 1.29 is 24.1 Å². The third-order valence-electron chi connectivity index (χ3n) is 2.00. The van der Waals surface area contributed by atoms with Crippen molar-refractivity contribution in [1.29, 1.82) is 0 Å². The second-order valence-electron chi connectivity index (χ2n) is 3.38. The smallest absolute Gasteiger partial charge is 0.187 e. The number of aliphatic hydroxyl groups excluding tert-OH is 2. The second kappa shape index (κ2) is 5.74. The Hall–Kier alpha value is -1.24. The van der Waals surface area contributed by atoms with Crippen molar-refractivity contribution in [3.05, 3.63) is 29.3 Å². The first kappa shape index (κ1) is 12.8. The maximum absolute atomic E-state index is 12.9. The average Bonchev–Trinajstić information content (AvgIpc) is 2.25. The van der Waals surface area contributed by atoms with Crippen LogP contribution < -0.4 is 5.32 Å². The van der Waals surface area contributed by atoms with E-state index < -0.39 is 23.5 Å². The van der Waals surface area contributed by atoms with Crippen molar-refractivity contribution in [2.24, 2.45) is 0 Å². The molecule has 0 aromatic heterocycles. The van der Waals surface area contributed by atoms with E-state index in [9.17, 15) is 8.78 Å². The summed E-state index contributed by atoms with van der Waals surface area (Å²) in [5, 5.41) is 29.0. The number of rotatable bonds is 5. The molecule has 0 saturated carbocycles. The van der Waals surface area contributed by atoms with Gasteiger partial charge in [-0.1, -0.05) is 0 Å². The van der Waals surface area contributed by atoms with Crippen LogP contribution in [0.2, 0.25) is 0 Å². The Balaban J connectivity index is 2.55. The fourth-order valence-electron chi connectivity index (χ4n) is 1.17. The highest BCUT2D eigenvalue weighted by atomic mass is 19.1. The molecule has 1 aromatic rings. The van der Waals surface area contributed by atoms with Crippen LogP contribution in [0.25, 0.3) is 0 Å². The van der Waals surface area contributed by atoms with Gasteiger partial charge in [0.15, 0.2) is 17.4 Å². The average molecular weight is 233 g/mol. The Kier molecular flexibility index (Phi) is 4.60. The minimum absolute atomic E-state index is 0.112. The molecule has 6 heteroatoms. The molecule has 0 radical (unpaired) electrons. The van der Waals surface area contributed by atoms with Crippen LogP contribution in [0.4, 0.5) is 8.78 Å². The van der Waals surface area contributed by atoms with E-state index in [1.807, 2.05) is 0 Å². The SMILES string of the molecule is OCC(O)CNCc1cc(F)c(O)c(F)c1. The van der Waals surface area contributed by atoms with Crippen molar-refractivity contribution in [3.8, 4) is 5.75 Å². The summed E-state index contributed by atoms with van der Waals surface area (Å²) in [6.45, 7) is -0.142. The quantitative estimate of drug-likeness (QED) is 0.582. The first-order valence-corrected chi connectivity index (χ1v) is 4.71.